The molecule has 0 N–H and O–H groups in total. The van der Waals surface area contributed by atoms with Crippen LogP contribution >= 0.6 is 0 Å². The normalized spacial score (nSPS) is 12.6. The van der Waals surface area contributed by atoms with Crippen LogP contribution in [0.1, 0.15) is 22.3 Å². The molecule has 0 radical (unpaired) electrons. The lowest BCUT2D eigenvalue weighted by Crippen LogP contribution is -2.28. The van der Waals surface area contributed by atoms with E-state index in [-0.39, 0.29) is 0 Å². The Hall–Kier alpha value is -7.48. The van der Waals surface area contributed by atoms with Gasteiger partial charge in [-0.15, -0.1) is 0 Å². The number of rotatable bonds is 7. The molecule has 0 heterocycles. The molecule has 1 aliphatic carbocycles. The van der Waals surface area contributed by atoms with E-state index in [0.29, 0.717) is 0 Å². The molecule has 272 valence electrons. The fourth-order valence-electron chi connectivity index (χ4n) is 9.67. The van der Waals surface area contributed by atoms with Crippen LogP contribution in [0.5, 0.6) is 0 Å². The van der Waals surface area contributed by atoms with Crippen molar-refractivity contribution in [1.82, 2.24) is 0 Å². The van der Waals surface area contributed by atoms with Crippen LogP contribution in [0.25, 0.3) is 54.9 Å². The van der Waals surface area contributed by atoms with Crippen LogP contribution in [0.2, 0.25) is 0 Å². The molecule has 1 aliphatic rings. The van der Waals surface area contributed by atoms with E-state index in [1.165, 1.54) is 82.9 Å². The van der Waals surface area contributed by atoms with Crippen LogP contribution < -0.4 is 4.90 Å². The van der Waals surface area contributed by atoms with Gasteiger partial charge >= 0.3 is 0 Å². The highest BCUT2D eigenvalue weighted by atomic mass is 15.1. The van der Waals surface area contributed by atoms with Crippen molar-refractivity contribution >= 4 is 38.6 Å². The van der Waals surface area contributed by atoms with E-state index in [4.69, 9.17) is 0 Å². The summed E-state index contributed by atoms with van der Waals surface area (Å²) in [5.41, 5.74) is 15.4. The number of nitrogens with zero attached hydrogens (tertiary/aromatic N) is 1. The zero-order chi connectivity index (χ0) is 38.5. The summed E-state index contributed by atoms with van der Waals surface area (Å²) in [7, 11) is 0. The fraction of sp³-hybridized carbons (Fsp3) is 0.0175. The molecular weight excluding hydrogens is 699 g/mol. The van der Waals surface area contributed by atoms with Crippen LogP contribution in [0.15, 0.2) is 237 Å². The SMILES string of the molecule is c1ccc(-c2ccc3ccccc3c2-c2ccc(N(c3ccccc3)c3c4c(cc5ccccc35)C(c3ccccc3)(c3ccccc3)c3ccccc3-4)cc2)cc1. The molecule has 10 aromatic carbocycles. The van der Waals surface area contributed by atoms with Crippen LogP contribution in [-0.4, -0.2) is 0 Å². The number of fused-ring (bicyclic) bond motifs is 5. The fourth-order valence-corrected chi connectivity index (χ4v) is 9.67. The summed E-state index contributed by atoms with van der Waals surface area (Å²) in [6, 6.07) is 86.8. The molecule has 0 spiro atoms. The molecule has 0 saturated carbocycles. The van der Waals surface area contributed by atoms with E-state index >= 15 is 0 Å². The second kappa shape index (κ2) is 13.9. The minimum absolute atomic E-state index is 0.526. The topological polar surface area (TPSA) is 3.24 Å². The maximum Gasteiger partial charge on any atom is 0.0714 e. The van der Waals surface area contributed by atoms with Gasteiger partial charge in [-0.3, -0.25) is 0 Å². The van der Waals surface area contributed by atoms with Crippen molar-refractivity contribution < 1.29 is 0 Å². The Kier molecular flexibility index (Phi) is 8.12. The minimum atomic E-state index is -0.526. The van der Waals surface area contributed by atoms with Gasteiger partial charge in [-0.2, -0.15) is 0 Å². The maximum absolute atomic E-state index is 2.50. The van der Waals surface area contributed by atoms with Gasteiger partial charge in [0.25, 0.3) is 0 Å². The second-order valence-corrected chi connectivity index (χ2v) is 15.2. The molecule has 0 atom stereocenters. The van der Waals surface area contributed by atoms with Crippen LogP contribution in [0.4, 0.5) is 17.1 Å². The Balaban J connectivity index is 1.20. The lowest BCUT2D eigenvalue weighted by molar-refractivity contribution is 0.769. The highest BCUT2D eigenvalue weighted by Gasteiger charge is 2.48. The first kappa shape index (κ1) is 33.8. The highest BCUT2D eigenvalue weighted by molar-refractivity contribution is 6.11. The van der Waals surface area contributed by atoms with Gasteiger partial charge in [0.15, 0.2) is 0 Å². The van der Waals surface area contributed by atoms with Gasteiger partial charge in [0.05, 0.1) is 11.1 Å². The molecule has 1 heteroatoms. The van der Waals surface area contributed by atoms with E-state index < -0.39 is 5.41 Å². The van der Waals surface area contributed by atoms with E-state index in [0.717, 1.165) is 11.4 Å². The Bertz CT molecular complexity index is 3040. The van der Waals surface area contributed by atoms with Crippen LogP contribution in [0.3, 0.4) is 0 Å². The summed E-state index contributed by atoms with van der Waals surface area (Å²) in [4.78, 5) is 2.50. The molecule has 0 saturated heterocycles. The van der Waals surface area contributed by atoms with Crippen molar-refractivity contribution in [3.63, 3.8) is 0 Å². The Labute approximate surface area is 339 Å². The average Bonchev–Trinajstić information content (AvgIpc) is 3.60. The summed E-state index contributed by atoms with van der Waals surface area (Å²) in [5.74, 6) is 0. The summed E-state index contributed by atoms with van der Waals surface area (Å²) in [6.07, 6.45) is 0. The number of benzene rings is 10. The summed E-state index contributed by atoms with van der Waals surface area (Å²) in [5, 5.41) is 4.90. The standard InChI is InChI=1S/C57H39N/c1-5-19-40(20-6-1)49-38-35-41-21-13-15-29-48(41)54(49)42-33-36-47(37-34-42)58(46-27-11-4-12-28-46)56-50-30-16-14-22-43(50)39-53-55(56)51-31-17-18-32-52(51)57(53,44-23-7-2-8-24-44)45-25-9-3-10-26-45/h1-39H. The van der Waals surface area contributed by atoms with Gasteiger partial charge in [0.2, 0.25) is 0 Å². The Morgan fingerprint density at radius 3 is 1.53 bits per heavy atom. The van der Waals surface area contributed by atoms with E-state index in [9.17, 15) is 0 Å². The average molecular weight is 738 g/mol. The number of para-hydroxylation sites is 1. The van der Waals surface area contributed by atoms with Crippen molar-refractivity contribution in [2.24, 2.45) is 0 Å². The third-order valence-corrected chi connectivity index (χ3v) is 12.1. The number of hydrogen-bond donors (Lipinski definition) is 0. The lowest BCUT2D eigenvalue weighted by atomic mass is 9.67. The van der Waals surface area contributed by atoms with Gasteiger partial charge in [0, 0.05) is 22.3 Å². The van der Waals surface area contributed by atoms with Gasteiger partial charge < -0.3 is 4.90 Å². The molecule has 0 fully saturated rings. The molecule has 0 aromatic heterocycles. The third-order valence-electron chi connectivity index (χ3n) is 12.1. The highest BCUT2D eigenvalue weighted by Crippen LogP contribution is 2.61. The molecule has 0 aliphatic heterocycles. The molecule has 0 amide bonds. The second-order valence-electron chi connectivity index (χ2n) is 15.2. The molecule has 11 rings (SSSR count). The molecule has 58 heavy (non-hydrogen) atoms. The number of hydrogen-bond acceptors (Lipinski definition) is 1. The zero-order valence-corrected chi connectivity index (χ0v) is 32.0. The summed E-state index contributed by atoms with van der Waals surface area (Å²) >= 11 is 0. The van der Waals surface area contributed by atoms with E-state index in [2.05, 4.69) is 241 Å². The monoisotopic (exact) mass is 737 g/mol. The zero-order valence-electron chi connectivity index (χ0n) is 32.0. The molecule has 10 aromatic rings. The van der Waals surface area contributed by atoms with Crippen molar-refractivity contribution in [1.29, 1.82) is 0 Å². The maximum atomic E-state index is 2.50. The predicted octanol–water partition coefficient (Wildman–Crippen LogP) is 15.2. The van der Waals surface area contributed by atoms with Crippen LogP contribution in [0, 0.1) is 0 Å². The van der Waals surface area contributed by atoms with E-state index in [1.54, 1.807) is 0 Å². The summed E-state index contributed by atoms with van der Waals surface area (Å²) < 4.78 is 0. The summed E-state index contributed by atoms with van der Waals surface area (Å²) in [6.45, 7) is 0. The van der Waals surface area contributed by atoms with Crippen molar-refractivity contribution in [3.8, 4) is 33.4 Å². The first-order valence-corrected chi connectivity index (χ1v) is 20.1. The van der Waals surface area contributed by atoms with Gasteiger partial charge in [-0.05, 0) is 96.6 Å². The molecule has 0 bridgehead atoms. The quantitative estimate of drug-likeness (QED) is 0.157. The minimum Gasteiger partial charge on any atom is -0.309 e. The molecule has 0 unspecified atom stereocenters. The van der Waals surface area contributed by atoms with Crippen molar-refractivity contribution in [3.05, 3.63) is 259 Å². The first-order chi connectivity index (χ1) is 28.8. The molecular formula is C57H39N. The lowest BCUT2D eigenvalue weighted by Gasteiger charge is -2.35. The predicted molar refractivity (Wildman–Crippen MR) is 244 cm³/mol. The van der Waals surface area contributed by atoms with Crippen LogP contribution in [-0.2, 0) is 5.41 Å². The first-order valence-electron chi connectivity index (χ1n) is 20.1. The van der Waals surface area contributed by atoms with Gasteiger partial charge in [0.1, 0.15) is 0 Å². The van der Waals surface area contributed by atoms with E-state index in [1.807, 2.05) is 0 Å². The Morgan fingerprint density at radius 2 is 0.845 bits per heavy atom. The molecule has 1 nitrogen and oxygen atoms in total. The smallest absolute Gasteiger partial charge is 0.0714 e. The van der Waals surface area contributed by atoms with Gasteiger partial charge in [-0.1, -0.05) is 206 Å². The largest absolute Gasteiger partial charge is 0.309 e. The Morgan fingerprint density at radius 1 is 0.310 bits per heavy atom. The number of anilines is 3. The van der Waals surface area contributed by atoms with Gasteiger partial charge in [-0.25, -0.2) is 0 Å². The third kappa shape index (κ3) is 5.25. The van der Waals surface area contributed by atoms with Crippen molar-refractivity contribution in [2.45, 2.75) is 5.41 Å². The van der Waals surface area contributed by atoms with Crippen molar-refractivity contribution in [2.75, 3.05) is 4.90 Å².